The Labute approximate surface area is 140 Å². The summed E-state index contributed by atoms with van der Waals surface area (Å²) in [5.41, 5.74) is -0.108. The van der Waals surface area contributed by atoms with Gasteiger partial charge in [0, 0.05) is 0 Å². The molecule has 1 aromatic carbocycles. The molecule has 0 fully saturated rings. The summed E-state index contributed by atoms with van der Waals surface area (Å²) in [5, 5.41) is 18.9. The molecule has 0 saturated heterocycles. The number of rotatable bonds is 11. The van der Waals surface area contributed by atoms with Gasteiger partial charge in [-0.15, -0.1) is 0 Å². The largest absolute Gasteiger partial charge is 0.508 e. The van der Waals surface area contributed by atoms with Crippen molar-refractivity contribution in [2.45, 2.75) is 26.7 Å². The van der Waals surface area contributed by atoms with Crippen LogP contribution in [0, 0.1) is 0 Å². The Morgan fingerprint density at radius 2 is 1.67 bits per heavy atom. The fourth-order valence-electron chi connectivity index (χ4n) is 1.74. The molecule has 0 heterocycles. The fraction of sp³-hybridized carbons (Fsp3) is 0.533. The number of carbonyl (C=O) groups is 1. The molecule has 2 N–H and O–H groups in total. The number of aromatic hydroxyl groups is 2. The minimum atomic E-state index is -3.52. The van der Waals surface area contributed by atoms with Gasteiger partial charge in [0.25, 0.3) is 0 Å². The Balaban J connectivity index is 2.30. The van der Waals surface area contributed by atoms with Crippen molar-refractivity contribution in [1.29, 1.82) is 0 Å². The van der Waals surface area contributed by atoms with Crippen LogP contribution in [0.5, 0.6) is 11.5 Å². The molecule has 0 radical (unpaired) electrons. The maximum atomic E-state index is 12.0. The maximum Gasteiger partial charge on any atom is 0.474 e. The summed E-state index contributed by atoms with van der Waals surface area (Å²) in [4.78, 5) is 11.8. The average molecular weight is 362 g/mol. The molecular formula is C15H23O8P. The lowest BCUT2D eigenvalue weighted by Crippen LogP contribution is -2.08. The molecule has 1 rings (SSSR count). The number of unbranched alkanes of at least 4 members (excludes halogenated alkanes) is 1. The summed E-state index contributed by atoms with van der Waals surface area (Å²) in [6.45, 7) is 4.01. The van der Waals surface area contributed by atoms with E-state index in [0.29, 0.717) is 12.8 Å². The summed E-state index contributed by atoms with van der Waals surface area (Å²) in [5.74, 6) is -1.15. The molecule has 0 bridgehead atoms. The topological polar surface area (TPSA) is 112 Å². The van der Waals surface area contributed by atoms with Crippen LogP contribution in [0.1, 0.15) is 37.0 Å². The van der Waals surface area contributed by atoms with Gasteiger partial charge in [-0.2, -0.15) is 0 Å². The average Bonchev–Trinajstić information content (AvgIpc) is 2.53. The van der Waals surface area contributed by atoms with Gasteiger partial charge in [-0.1, -0.05) is 0 Å². The van der Waals surface area contributed by atoms with Gasteiger partial charge in [-0.3, -0.25) is 13.6 Å². The summed E-state index contributed by atoms with van der Waals surface area (Å²) >= 11 is 0. The van der Waals surface area contributed by atoms with Gasteiger partial charge in [-0.05, 0) is 44.9 Å². The number of benzene rings is 1. The number of hydrogen-bond acceptors (Lipinski definition) is 8. The third-order valence-electron chi connectivity index (χ3n) is 2.80. The molecule has 1 aromatic rings. The molecule has 136 valence electrons. The van der Waals surface area contributed by atoms with Crippen molar-refractivity contribution in [2.24, 2.45) is 0 Å². The standard InChI is InChI=1S/C15H23O8P/c1-3-21-24(19,22-4-2)23-10-6-5-9-20-15(18)13-11-12(16)7-8-14(13)17/h7-8,11,16-17H,3-6,9-10H2,1-2H3. The molecule has 24 heavy (non-hydrogen) atoms. The van der Waals surface area contributed by atoms with Gasteiger partial charge in [-0.25, -0.2) is 9.36 Å². The summed E-state index contributed by atoms with van der Waals surface area (Å²) in [6, 6.07) is 3.60. The molecule has 0 spiro atoms. The van der Waals surface area contributed by atoms with E-state index in [9.17, 15) is 19.6 Å². The van der Waals surface area contributed by atoms with Crippen LogP contribution in [-0.2, 0) is 22.9 Å². The van der Waals surface area contributed by atoms with Gasteiger partial charge >= 0.3 is 13.8 Å². The van der Waals surface area contributed by atoms with Gasteiger partial charge < -0.3 is 14.9 Å². The van der Waals surface area contributed by atoms with E-state index in [2.05, 4.69) is 0 Å². The van der Waals surface area contributed by atoms with E-state index in [0.717, 1.165) is 6.07 Å². The highest BCUT2D eigenvalue weighted by atomic mass is 31.2. The van der Waals surface area contributed by atoms with E-state index in [4.69, 9.17) is 18.3 Å². The van der Waals surface area contributed by atoms with Crippen molar-refractivity contribution in [1.82, 2.24) is 0 Å². The van der Waals surface area contributed by atoms with Crippen molar-refractivity contribution in [3.8, 4) is 11.5 Å². The van der Waals surface area contributed by atoms with Crippen LogP contribution in [0.25, 0.3) is 0 Å². The Hall–Kier alpha value is -1.60. The molecule has 0 aliphatic carbocycles. The minimum Gasteiger partial charge on any atom is -0.508 e. The van der Waals surface area contributed by atoms with Crippen LogP contribution in [0.2, 0.25) is 0 Å². The van der Waals surface area contributed by atoms with E-state index in [1.165, 1.54) is 12.1 Å². The Morgan fingerprint density at radius 1 is 1.04 bits per heavy atom. The number of esters is 1. The van der Waals surface area contributed by atoms with Crippen molar-refractivity contribution in [3.05, 3.63) is 23.8 Å². The zero-order valence-corrected chi connectivity index (χ0v) is 14.7. The second-order valence-electron chi connectivity index (χ2n) is 4.66. The quantitative estimate of drug-likeness (QED) is 0.267. The van der Waals surface area contributed by atoms with Gasteiger partial charge in [0.05, 0.1) is 26.4 Å². The Kier molecular flexibility index (Phi) is 8.78. The number of carbonyl (C=O) groups excluding carboxylic acids is 1. The van der Waals surface area contributed by atoms with Gasteiger partial charge in [0.1, 0.15) is 17.1 Å². The van der Waals surface area contributed by atoms with E-state index < -0.39 is 13.8 Å². The smallest absolute Gasteiger partial charge is 0.474 e. The molecule has 0 amide bonds. The molecule has 8 nitrogen and oxygen atoms in total. The molecular weight excluding hydrogens is 339 g/mol. The predicted molar refractivity (Wildman–Crippen MR) is 86.1 cm³/mol. The third kappa shape index (κ3) is 6.88. The zero-order valence-electron chi connectivity index (χ0n) is 13.8. The lowest BCUT2D eigenvalue weighted by atomic mass is 10.2. The number of phosphoric ester groups is 1. The number of ether oxygens (including phenoxy) is 1. The van der Waals surface area contributed by atoms with E-state index >= 15 is 0 Å². The highest BCUT2D eigenvalue weighted by Crippen LogP contribution is 2.49. The van der Waals surface area contributed by atoms with Crippen molar-refractivity contribution in [2.75, 3.05) is 26.4 Å². The second kappa shape index (κ2) is 10.3. The summed E-state index contributed by atoms with van der Waals surface area (Å²) in [7, 11) is -3.52. The lowest BCUT2D eigenvalue weighted by Gasteiger charge is -2.16. The molecule has 9 heteroatoms. The Morgan fingerprint density at radius 3 is 2.29 bits per heavy atom. The van der Waals surface area contributed by atoms with E-state index in [1.54, 1.807) is 13.8 Å². The van der Waals surface area contributed by atoms with Crippen molar-refractivity contribution >= 4 is 13.8 Å². The fourth-order valence-corrected chi connectivity index (χ4v) is 2.95. The van der Waals surface area contributed by atoms with Crippen LogP contribution in [0.4, 0.5) is 0 Å². The van der Waals surface area contributed by atoms with Crippen molar-refractivity contribution < 1.29 is 37.9 Å². The van der Waals surface area contributed by atoms with Crippen molar-refractivity contribution in [3.63, 3.8) is 0 Å². The first-order valence-electron chi connectivity index (χ1n) is 7.64. The van der Waals surface area contributed by atoms with Crippen LogP contribution in [-0.4, -0.2) is 42.6 Å². The zero-order chi connectivity index (χ0) is 18.0. The number of phenolic OH excluding ortho intramolecular Hbond substituents is 2. The van der Waals surface area contributed by atoms with Crippen LogP contribution in [0.3, 0.4) is 0 Å². The SMILES string of the molecule is CCOP(=O)(OCC)OCCCCOC(=O)c1cc(O)ccc1O. The molecule has 0 aromatic heterocycles. The highest BCUT2D eigenvalue weighted by Gasteiger charge is 2.24. The van der Waals surface area contributed by atoms with Crippen LogP contribution < -0.4 is 0 Å². The first kappa shape index (κ1) is 20.4. The normalized spacial score (nSPS) is 11.4. The maximum absolute atomic E-state index is 12.0. The third-order valence-corrected chi connectivity index (χ3v) is 4.44. The predicted octanol–water partition coefficient (Wildman–Crippen LogP) is 3.23. The number of phenols is 2. The number of phosphoric acid groups is 1. The molecule has 0 aliphatic heterocycles. The minimum absolute atomic E-state index is 0.0882. The molecule has 0 aliphatic rings. The van der Waals surface area contributed by atoms with E-state index in [1.807, 2.05) is 0 Å². The first-order chi connectivity index (χ1) is 11.4. The van der Waals surface area contributed by atoms with Gasteiger partial charge in [0.2, 0.25) is 0 Å². The first-order valence-corrected chi connectivity index (χ1v) is 9.10. The number of hydrogen-bond donors (Lipinski definition) is 2. The van der Waals surface area contributed by atoms with Crippen LogP contribution in [0.15, 0.2) is 18.2 Å². The summed E-state index contributed by atoms with van der Waals surface area (Å²) in [6.07, 6.45) is 0.938. The molecule has 0 atom stereocenters. The highest BCUT2D eigenvalue weighted by molar-refractivity contribution is 7.48. The molecule has 0 unspecified atom stereocenters. The monoisotopic (exact) mass is 362 g/mol. The summed E-state index contributed by atoms with van der Waals surface area (Å²) < 4.78 is 32.1. The van der Waals surface area contributed by atoms with E-state index in [-0.39, 0.29) is 43.5 Å². The molecule has 0 saturated carbocycles. The second-order valence-corrected chi connectivity index (χ2v) is 6.33. The lowest BCUT2D eigenvalue weighted by molar-refractivity contribution is 0.0484. The van der Waals surface area contributed by atoms with Crippen LogP contribution >= 0.6 is 7.82 Å². The van der Waals surface area contributed by atoms with Gasteiger partial charge in [0.15, 0.2) is 0 Å². The Bertz CT molecular complexity index is 565.